The van der Waals surface area contributed by atoms with Gasteiger partial charge in [0.05, 0.1) is 5.56 Å². The van der Waals surface area contributed by atoms with Crippen LogP contribution in [0.1, 0.15) is 45.1 Å². The second kappa shape index (κ2) is 10.9. The van der Waals surface area contributed by atoms with E-state index in [2.05, 4.69) is 42.0 Å². The number of hydrogen-bond donors (Lipinski definition) is 2. The zero-order valence-electron chi connectivity index (χ0n) is 16.6. The minimum Gasteiger partial charge on any atom is -0.399 e. The number of aliphatic imine (C=N–C) groups is 1. The molecule has 1 fully saturated rings. The number of halogens is 1. The summed E-state index contributed by atoms with van der Waals surface area (Å²) < 4.78 is 13.9. The van der Waals surface area contributed by atoms with E-state index in [1.165, 1.54) is 24.5 Å². The van der Waals surface area contributed by atoms with Crippen LogP contribution < -0.4 is 11.5 Å². The van der Waals surface area contributed by atoms with Crippen molar-refractivity contribution in [1.29, 1.82) is 0 Å². The Hall–Kier alpha value is -2.14. The van der Waals surface area contributed by atoms with Gasteiger partial charge in [-0.1, -0.05) is 25.2 Å². The summed E-state index contributed by atoms with van der Waals surface area (Å²) in [6, 6.07) is 4.52. The van der Waals surface area contributed by atoms with Crippen molar-refractivity contribution in [3.63, 3.8) is 0 Å². The third-order valence-corrected chi connectivity index (χ3v) is 5.14. The molecule has 1 saturated heterocycles. The van der Waals surface area contributed by atoms with Crippen molar-refractivity contribution in [2.45, 2.75) is 39.5 Å². The third kappa shape index (κ3) is 6.83. The van der Waals surface area contributed by atoms with Crippen molar-refractivity contribution >= 4 is 11.5 Å². The van der Waals surface area contributed by atoms with Gasteiger partial charge in [-0.3, -0.25) is 9.89 Å². The van der Waals surface area contributed by atoms with Gasteiger partial charge in [-0.15, -0.1) is 0 Å². The molecule has 0 radical (unpaired) electrons. The number of amidine groups is 1. The van der Waals surface area contributed by atoms with Crippen molar-refractivity contribution < 1.29 is 4.39 Å². The Bertz CT molecular complexity index is 686. The van der Waals surface area contributed by atoms with Crippen molar-refractivity contribution in [2.75, 3.05) is 31.9 Å². The van der Waals surface area contributed by atoms with E-state index in [9.17, 15) is 4.39 Å². The lowest BCUT2D eigenvalue weighted by atomic mass is 9.93. The summed E-state index contributed by atoms with van der Waals surface area (Å²) in [5.41, 5.74) is 13.6. The molecule has 0 saturated carbocycles. The number of allylic oxidation sites excluding steroid dienone is 2. The van der Waals surface area contributed by atoms with Crippen LogP contribution in [0, 0.1) is 11.7 Å². The molecule has 1 aliphatic rings. The van der Waals surface area contributed by atoms with Gasteiger partial charge in [-0.2, -0.15) is 0 Å². The molecular weight excluding hydrogens is 339 g/mol. The maximum Gasteiger partial charge on any atom is 0.136 e. The van der Waals surface area contributed by atoms with Crippen molar-refractivity contribution in [3.05, 3.63) is 53.4 Å². The number of piperidine rings is 1. The summed E-state index contributed by atoms with van der Waals surface area (Å²) >= 11 is 0. The van der Waals surface area contributed by atoms with Crippen LogP contribution in [0.5, 0.6) is 0 Å². The van der Waals surface area contributed by atoms with Gasteiger partial charge in [0.25, 0.3) is 0 Å². The van der Waals surface area contributed by atoms with Gasteiger partial charge in [0.1, 0.15) is 11.7 Å². The monoisotopic (exact) mass is 372 g/mol. The molecule has 4 nitrogen and oxygen atoms in total. The molecule has 0 bridgehead atoms. The maximum absolute atomic E-state index is 13.9. The number of benzene rings is 1. The highest BCUT2D eigenvalue weighted by atomic mass is 19.1. The van der Waals surface area contributed by atoms with Crippen LogP contribution in [-0.4, -0.2) is 36.9 Å². The van der Waals surface area contributed by atoms with Gasteiger partial charge in [0.2, 0.25) is 0 Å². The lowest BCUT2D eigenvalue weighted by Crippen LogP contribution is -2.35. The van der Waals surface area contributed by atoms with E-state index in [1.807, 2.05) is 0 Å². The number of nitrogen functional groups attached to an aromatic ring is 1. The Morgan fingerprint density at radius 1 is 1.33 bits per heavy atom. The first kappa shape index (κ1) is 21.2. The summed E-state index contributed by atoms with van der Waals surface area (Å²) in [7, 11) is 0. The molecular formula is C22H33FN4. The van der Waals surface area contributed by atoms with Crippen LogP contribution >= 0.6 is 0 Å². The fourth-order valence-corrected chi connectivity index (χ4v) is 3.39. The predicted molar refractivity (Wildman–Crippen MR) is 113 cm³/mol. The van der Waals surface area contributed by atoms with Crippen LogP contribution in [0.4, 0.5) is 10.1 Å². The molecule has 148 valence electrons. The first-order valence-corrected chi connectivity index (χ1v) is 9.92. The zero-order valence-corrected chi connectivity index (χ0v) is 16.6. The molecule has 0 aliphatic carbocycles. The minimum absolute atomic E-state index is 0.255. The van der Waals surface area contributed by atoms with Gasteiger partial charge in [-0.05, 0) is 75.4 Å². The standard InChI is InChI=1S/C22H33FN4/c1-3-5-6-17(4-2)16-27-13-10-18(11-14-27)9-12-26-22(25)20-8-7-19(24)15-21(20)23/h4-8,15,18H,3,9-14,16,24H2,1-2H3,(H2,25,26)/b6-5-,17-4+. The number of hydrogen-bond acceptors (Lipinski definition) is 3. The molecule has 2 rings (SSSR count). The van der Waals surface area contributed by atoms with Gasteiger partial charge >= 0.3 is 0 Å². The minimum atomic E-state index is -0.415. The Labute approximate surface area is 162 Å². The molecule has 0 amide bonds. The zero-order chi connectivity index (χ0) is 19.6. The smallest absolute Gasteiger partial charge is 0.136 e. The highest BCUT2D eigenvalue weighted by Gasteiger charge is 2.19. The van der Waals surface area contributed by atoms with E-state index >= 15 is 0 Å². The van der Waals surface area contributed by atoms with Crippen molar-refractivity contribution in [3.8, 4) is 0 Å². The molecule has 0 atom stereocenters. The maximum atomic E-state index is 13.9. The van der Waals surface area contributed by atoms with Crippen LogP contribution in [0.3, 0.4) is 0 Å². The van der Waals surface area contributed by atoms with Gasteiger partial charge in [0, 0.05) is 18.8 Å². The number of nitrogens with two attached hydrogens (primary N) is 2. The van der Waals surface area contributed by atoms with E-state index in [0.717, 1.165) is 32.5 Å². The summed E-state index contributed by atoms with van der Waals surface area (Å²) in [5.74, 6) is 0.501. The lowest BCUT2D eigenvalue weighted by molar-refractivity contribution is 0.194. The summed E-state index contributed by atoms with van der Waals surface area (Å²) in [6.07, 6.45) is 11.1. The fraction of sp³-hybridized carbons (Fsp3) is 0.500. The Morgan fingerprint density at radius 3 is 2.70 bits per heavy atom. The SMILES string of the molecule is C/C=C(\C=C/CC)CN1CCC(CCN=C(N)c2ccc(N)cc2F)CC1. The van der Waals surface area contributed by atoms with Gasteiger partial charge in [-0.25, -0.2) is 4.39 Å². The molecule has 5 heteroatoms. The van der Waals surface area contributed by atoms with E-state index < -0.39 is 5.82 Å². The van der Waals surface area contributed by atoms with E-state index in [-0.39, 0.29) is 5.84 Å². The summed E-state index contributed by atoms with van der Waals surface area (Å²) in [6.45, 7) is 8.17. The molecule has 0 spiro atoms. The second-order valence-electron chi connectivity index (χ2n) is 7.19. The van der Waals surface area contributed by atoms with Crippen molar-refractivity contribution in [2.24, 2.45) is 16.6 Å². The number of anilines is 1. The highest BCUT2D eigenvalue weighted by Crippen LogP contribution is 2.21. The van der Waals surface area contributed by atoms with Crippen LogP contribution in [-0.2, 0) is 0 Å². The second-order valence-corrected chi connectivity index (χ2v) is 7.19. The molecule has 0 aromatic heterocycles. The Morgan fingerprint density at radius 2 is 2.07 bits per heavy atom. The average molecular weight is 373 g/mol. The summed E-state index contributed by atoms with van der Waals surface area (Å²) in [5, 5.41) is 0. The van der Waals surface area contributed by atoms with E-state index in [0.29, 0.717) is 23.7 Å². The predicted octanol–water partition coefficient (Wildman–Crippen LogP) is 4.13. The molecule has 1 aliphatic heterocycles. The highest BCUT2D eigenvalue weighted by molar-refractivity contribution is 5.97. The van der Waals surface area contributed by atoms with Gasteiger partial charge < -0.3 is 11.5 Å². The van der Waals surface area contributed by atoms with Crippen LogP contribution in [0.15, 0.2) is 47.0 Å². The van der Waals surface area contributed by atoms with Crippen LogP contribution in [0.2, 0.25) is 0 Å². The molecule has 1 aromatic rings. The van der Waals surface area contributed by atoms with Crippen molar-refractivity contribution in [1.82, 2.24) is 4.90 Å². The Kier molecular flexibility index (Phi) is 8.52. The molecule has 27 heavy (non-hydrogen) atoms. The molecule has 1 heterocycles. The topological polar surface area (TPSA) is 67.6 Å². The van der Waals surface area contributed by atoms with Gasteiger partial charge in [0.15, 0.2) is 0 Å². The third-order valence-electron chi connectivity index (χ3n) is 5.14. The normalized spacial score (nSPS) is 17.7. The van der Waals surface area contributed by atoms with E-state index in [1.54, 1.807) is 12.1 Å². The first-order valence-electron chi connectivity index (χ1n) is 9.92. The number of nitrogens with zero attached hydrogens (tertiary/aromatic N) is 2. The largest absolute Gasteiger partial charge is 0.399 e. The van der Waals surface area contributed by atoms with Crippen LogP contribution in [0.25, 0.3) is 0 Å². The summed E-state index contributed by atoms with van der Waals surface area (Å²) in [4.78, 5) is 6.90. The molecule has 1 aromatic carbocycles. The number of likely N-dealkylation sites (tertiary alicyclic amines) is 1. The lowest BCUT2D eigenvalue weighted by Gasteiger charge is -2.32. The first-order chi connectivity index (χ1) is 13.0. The number of rotatable bonds is 8. The molecule has 0 unspecified atom stereocenters. The van der Waals surface area contributed by atoms with E-state index in [4.69, 9.17) is 11.5 Å². The molecule has 4 N–H and O–H groups in total. The fourth-order valence-electron chi connectivity index (χ4n) is 3.39. The Balaban J connectivity index is 1.76. The average Bonchev–Trinajstić information content (AvgIpc) is 2.66. The quantitative estimate of drug-likeness (QED) is 0.312.